The fraction of sp³-hybridized carbons (Fsp3) is 0.210. The topological polar surface area (TPSA) is 6.48 Å². The molecule has 0 bridgehead atoms. The molecule has 3 aliphatic rings. The molecule has 2 nitrogen and oxygen atoms in total. The van der Waals surface area contributed by atoms with Gasteiger partial charge in [-0.2, -0.15) is 0 Å². The van der Waals surface area contributed by atoms with Crippen LogP contribution in [0.2, 0.25) is 0 Å². The average Bonchev–Trinajstić information content (AvgIpc) is 4.26. The Balaban J connectivity index is 0.755. The fourth-order valence-electron chi connectivity index (χ4n) is 14.8. The van der Waals surface area contributed by atoms with Crippen LogP contribution in [0, 0.1) is 27.7 Å². The molecule has 0 aliphatic heterocycles. The number of aryl methyl sites for hydroxylation is 4. The average molecular weight is 1080 g/mol. The SMILES string of the molecule is CCC1(CC)c2cc(/C=C/c3ccc4c(c3)C(C)(C)c3cc(/C=C/c5ccc6c(c5)C(CC)(CC)c5cc(N(c7cccc(C)c7)c7cccc(C)c7)ccc5-6)ccc3-4)ccc2-c2ccc(N(c3cccc(C)c3)c3cccc(C)c3)cc21. The molecular formula is C81H76N2. The quantitative estimate of drug-likeness (QED) is 0.100. The summed E-state index contributed by atoms with van der Waals surface area (Å²) in [6, 6.07) is 78.5. The van der Waals surface area contributed by atoms with Crippen molar-refractivity contribution in [1.82, 2.24) is 0 Å². The molecule has 83 heavy (non-hydrogen) atoms. The summed E-state index contributed by atoms with van der Waals surface area (Å²) < 4.78 is 0. The van der Waals surface area contributed by atoms with Crippen LogP contribution in [0.15, 0.2) is 206 Å². The van der Waals surface area contributed by atoms with Crippen molar-refractivity contribution in [2.45, 2.75) is 111 Å². The number of nitrogens with zero attached hydrogens (tertiary/aromatic N) is 2. The lowest BCUT2D eigenvalue weighted by molar-refractivity contribution is 0.490. The molecule has 0 amide bonds. The number of benzene rings is 10. The molecule has 0 aromatic heterocycles. The predicted octanol–water partition coefficient (Wildman–Crippen LogP) is 22.7. The molecule has 13 rings (SSSR count). The van der Waals surface area contributed by atoms with E-state index in [4.69, 9.17) is 0 Å². The minimum absolute atomic E-state index is 0.0874. The van der Waals surface area contributed by atoms with Gasteiger partial charge in [-0.25, -0.2) is 0 Å². The van der Waals surface area contributed by atoms with Crippen LogP contribution < -0.4 is 9.80 Å². The summed E-state index contributed by atoms with van der Waals surface area (Å²) in [5.74, 6) is 0. The highest BCUT2D eigenvalue weighted by Gasteiger charge is 2.43. The van der Waals surface area contributed by atoms with E-state index < -0.39 is 0 Å². The summed E-state index contributed by atoms with van der Waals surface area (Å²) >= 11 is 0. The minimum Gasteiger partial charge on any atom is -0.310 e. The van der Waals surface area contributed by atoms with Gasteiger partial charge in [-0.3, -0.25) is 0 Å². The molecule has 0 saturated carbocycles. The van der Waals surface area contributed by atoms with Gasteiger partial charge < -0.3 is 9.80 Å². The lowest BCUT2D eigenvalue weighted by Gasteiger charge is -2.32. The number of anilines is 6. The molecule has 0 atom stereocenters. The van der Waals surface area contributed by atoms with E-state index in [0.717, 1.165) is 25.7 Å². The third-order valence-corrected chi connectivity index (χ3v) is 19.4. The van der Waals surface area contributed by atoms with E-state index in [9.17, 15) is 0 Å². The standard InChI is InChI=1S/C81H76N2/c1-11-80(12-2)75-49-59(33-39-69(75)71-41-35-65(51-77(71)80)82(61-23-15-19-53(5)43-61)62-24-16-20-54(6)44-62)29-27-57-31-37-67-68-38-32-58(48-74(68)79(9,10)73(67)47-57)28-30-60-34-40-70-72-42-36-66(52-78(72)81(13-3,14-4)76(70)50-60)83(63-25-17-21-55(7)45-63)64-26-18-22-56(8)46-64/h15-52H,11-14H2,1-10H3/b29-27+,30-28+. The van der Waals surface area contributed by atoms with Gasteiger partial charge in [0, 0.05) is 50.4 Å². The van der Waals surface area contributed by atoms with Crippen LogP contribution in [0.3, 0.4) is 0 Å². The summed E-state index contributed by atoms with van der Waals surface area (Å²) in [7, 11) is 0. The van der Waals surface area contributed by atoms with E-state index >= 15 is 0 Å². The van der Waals surface area contributed by atoms with E-state index in [0.29, 0.717) is 0 Å². The van der Waals surface area contributed by atoms with E-state index in [1.165, 1.54) is 145 Å². The van der Waals surface area contributed by atoms with Crippen LogP contribution in [0.1, 0.15) is 145 Å². The van der Waals surface area contributed by atoms with Gasteiger partial charge in [0.15, 0.2) is 0 Å². The van der Waals surface area contributed by atoms with Gasteiger partial charge in [-0.05, 0) is 237 Å². The summed E-state index contributed by atoms with van der Waals surface area (Å²) in [5.41, 5.74) is 33.3. The minimum atomic E-state index is -0.152. The fourth-order valence-corrected chi connectivity index (χ4v) is 14.8. The summed E-state index contributed by atoms with van der Waals surface area (Å²) in [6.07, 6.45) is 13.4. The van der Waals surface area contributed by atoms with E-state index in [-0.39, 0.29) is 16.2 Å². The molecule has 0 N–H and O–H groups in total. The zero-order valence-corrected chi connectivity index (χ0v) is 50.2. The van der Waals surface area contributed by atoms with Gasteiger partial charge in [-0.15, -0.1) is 0 Å². The van der Waals surface area contributed by atoms with Crippen molar-refractivity contribution in [1.29, 1.82) is 0 Å². The third kappa shape index (κ3) is 9.01. The summed E-state index contributed by atoms with van der Waals surface area (Å²) in [5, 5.41) is 0. The smallest absolute Gasteiger partial charge is 0.0465 e. The van der Waals surface area contributed by atoms with Crippen molar-refractivity contribution in [3.63, 3.8) is 0 Å². The molecule has 0 saturated heterocycles. The molecular weight excluding hydrogens is 1000 g/mol. The van der Waals surface area contributed by atoms with Crippen molar-refractivity contribution in [2.24, 2.45) is 0 Å². The Morgan fingerprint density at radius 1 is 0.277 bits per heavy atom. The number of hydrogen-bond donors (Lipinski definition) is 0. The van der Waals surface area contributed by atoms with Gasteiger partial charge in [0.05, 0.1) is 0 Å². The van der Waals surface area contributed by atoms with E-state index in [1.807, 2.05) is 0 Å². The van der Waals surface area contributed by atoms with Crippen LogP contribution in [0.4, 0.5) is 34.1 Å². The van der Waals surface area contributed by atoms with Crippen molar-refractivity contribution >= 4 is 58.4 Å². The number of rotatable bonds is 14. The van der Waals surface area contributed by atoms with Crippen LogP contribution in [0.25, 0.3) is 57.7 Å². The Kier molecular flexibility index (Phi) is 13.5. The Morgan fingerprint density at radius 2 is 0.518 bits per heavy atom. The second kappa shape index (κ2) is 20.9. The Labute approximate surface area is 494 Å². The highest BCUT2D eigenvalue weighted by atomic mass is 15.1. The van der Waals surface area contributed by atoms with E-state index in [1.54, 1.807) is 0 Å². The van der Waals surface area contributed by atoms with Crippen LogP contribution in [-0.2, 0) is 16.2 Å². The van der Waals surface area contributed by atoms with Crippen molar-refractivity contribution in [3.05, 3.63) is 284 Å². The first kappa shape index (κ1) is 53.6. The maximum Gasteiger partial charge on any atom is 0.0465 e. The predicted molar refractivity (Wildman–Crippen MR) is 357 cm³/mol. The van der Waals surface area contributed by atoms with Gasteiger partial charge in [-0.1, -0.05) is 199 Å². The lowest BCUT2D eigenvalue weighted by atomic mass is 9.73. The lowest BCUT2D eigenvalue weighted by Crippen LogP contribution is -2.23. The maximum absolute atomic E-state index is 2.49. The Morgan fingerprint density at radius 3 is 0.795 bits per heavy atom. The van der Waals surface area contributed by atoms with Crippen molar-refractivity contribution < 1.29 is 0 Å². The number of hydrogen-bond acceptors (Lipinski definition) is 2. The highest BCUT2D eigenvalue weighted by molar-refractivity contribution is 5.91. The van der Waals surface area contributed by atoms with Crippen molar-refractivity contribution in [3.8, 4) is 33.4 Å². The van der Waals surface area contributed by atoms with Gasteiger partial charge in [0.25, 0.3) is 0 Å². The Bertz CT molecular complexity index is 3880. The molecule has 0 radical (unpaired) electrons. The first-order valence-corrected chi connectivity index (χ1v) is 30.4. The summed E-state index contributed by atoms with van der Waals surface area (Å²) in [6.45, 7) is 23.0. The van der Waals surface area contributed by atoms with E-state index in [2.05, 4.69) is 310 Å². The normalized spacial score (nSPS) is 14.5. The van der Waals surface area contributed by atoms with Crippen LogP contribution >= 0.6 is 0 Å². The largest absolute Gasteiger partial charge is 0.310 e. The zero-order chi connectivity index (χ0) is 57.4. The molecule has 0 unspecified atom stereocenters. The molecule has 10 aromatic carbocycles. The molecule has 10 aromatic rings. The molecule has 410 valence electrons. The zero-order valence-electron chi connectivity index (χ0n) is 50.2. The third-order valence-electron chi connectivity index (χ3n) is 19.4. The van der Waals surface area contributed by atoms with Gasteiger partial charge in [0.2, 0.25) is 0 Å². The Hall–Kier alpha value is -8.72. The second-order valence-corrected chi connectivity index (χ2v) is 24.6. The summed E-state index contributed by atoms with van der Waals surface area (Å²) in [4.78, 5) is 4.86. The molecule has 0 spiro atoms. The molecule has 2 heteroatoms. The first-order valence-electron chi connectivity index (χ1n) is 30.4. The molecule has 0 fully saturated rings. The maximum atomic E-state index is 2.49. The molecule has 3 aliphatic carbocycles. The second-order valence-electron chi connectivity index (χ2n) is 24.6. The van der Waals surface area contributed by atoms with Crippen molar-refractivity contribution in [2.75, 3.05) is 9.80 Å². The van der Waals surface area contributed by atoms with Crippen LogP contribution in [-0.4, -0.2) is 0 Å². The monoisotopic (exact) mass is 1080 g/mol. The van der Waals surface area contributed by atoms with Gasteiger partial charge in [0.1, 0.15) is 0 Å². The highest BCUT2D eigenvalue weighted by Crippen LogP contribution is 2.57. The van der Waals surface area contributed by atoms with Crippen LogP contribution in [0.5, 0.6) is 0 Å². The first-order chi connectivity index (χ1) is 40.2. The molecule has 0 heterocycles. The number of fused-ring (bicyclic) bond motifs is 9. The van der Waals surface area contributed by atoms with Gasteiger partial charge >= 0.3 is 0 Å².